The van der Waals surface area contributed by atoms with E-state index in [1.54, 1.807) is 28.4 Å². The average Bonchev–Trinajstić information content (AvgIpc) is 3.28. The monoisotopic (exact) mass is 450 g/mol. The highest BCUT2D eigenvalue weighted by Gasteiger charge is 2.38. The zero-order valence-electron chi connectivity index (χ0n) is 18.0. The lowest BCUT2D eigenvalue weighted by Gasteiger charge is -2.37. The number of aryl methyl sites for hydroxylation is 1. The van der Waals surface area contributed by atoms with Crippen LogP contribution in [0.5, 0.6) is 5.75 Å². The molecule has 32 heavy (non-hydrogen) atoms. The molecular weight excluding hydrogens is 424 g/mol. The van der Waals surface area contributed by atoms with E-state index in [0.29, 0.717) is 13.2 Å². The Labute approximate surface area is 191 Å². The predicted octanol–water partition coefficient (Wildman–Crippen LogP) is 4.46. The molecule has 0 unspecified atom stereocenters. The molecule has 1 aliphatic carbocycles. The van der Waals surface area contributed by atoms with E-state index in [1.807, 2.05) is 36.1 Å². The Kier molecular flexibility index (Phi) is 5.74. The molecule has 6 nitrogen and oxygen atoms in total. The number of hydrogen-bond donors (Lipinski definition) is 0. The van der Waals surface area contributed by atoms with Gasteiger partial charge in [-0.3, -0.25) is 9.59 Å². The summed E-state index contributed by atoms with van der Waals surface area (Å²) >= 11 is 1.73. The number of fused-ring (bicyclic) bond motifs is 1. The van der Waals surface area contributed by atoms with Gasteiger partial charge in [-0.25, -0.2) is 0 Å². The van der Waals surface area contributed by atoms with Crippen molar-refractivity contribution in [3.05, 3.63) is 75.9 Å². The molecule has 1 atom stereocenters. The van der Waals surface area contributed by atoms with Gasteiger partial charge in [-0.15, -0.1) is 11.3 Å². The van der Waals surface area contributed by atoms with Crippen LogP contribution in [0.1, 0.15) is 45.4 Å². The molecule has 1 aromatic carbocycles. The third-order valence-corrected chi connectivity index (χ3v) is 7.13. The molecule has 1 saturated carbocycles. The molecule has 3 heterocycles. The Hall–Kier alpha value is -3.06. The summed E-state index contributed by atoms with van der Waals surface area (Å²) in [5, 5.41) is 2.08. The fourth-order valence-electron chi connectivity index (χ4n) is 4.22. The molecule has 2 aromatic heterocycles. The highest BCUT2D eigenvalue weighted by atomic mass is 32.1. The number of carbonyl (C=O) groups is 2. The van der Waals surface area contributed by atoms with E-state index in [-0.39, 0.29) is 36.2 Å². The van der Waals surface area contributed by atoms with Crippen molar-refractivity contribution in [3.8, 4) is 5.75 Å². The average molecular weight is 451 g/mol. The summed E-state index contributed by atoms with van der Waals surface area (Å²) in [5.74, 6) is 0.804. The highest BCUT2D eigenvalue weighted by Crippen LogP contribution is 2.35. The van der Waals surface area contributed by atoms with Crippen LogP contribution in [0.25, 0.3) is 0 Å². The van der Waals surface area contributed by atoms with Crippen molar-refractivity contribution < 1.29 is 18.7 Å². The van der Waals surface area contributed by atoms with Crippen LogP contribution in [-0.2, 0) is 11.2 Å². The summed E-state index contributed by atoms with van der Waals surface area (Å²) in [5.41, 5.74) is 2.32. The van der Waals surface area contributed by atoms with Gasteiger partial charge in [0.1, 0.15) is 18.9 Å². The van der Waals surface area contributed by atoms with Gasteiger partial charge in [0.05, 0.1) is 12.3 Å². The summed E-state index contributed by atoms with van der Waals surface area (Å²) in [4.78, 5) is 31.2. The maximum absolute atomic E-state index is 13.5. The molecule has 2 aliphatic rings. The molecule has 0 saturated heterocycles. The van der Waals surface area contributed by atoms with Crippen LogP contribution in [-0.4, -0.2) is 47.4 Å². The van der Waals surface area contributed by atoms with Crippen LogP contribution >= 0.6 is 11.3 Å². The summed E-state index contributed by atoms with van der Waals surface area (Å²) in [6.45, 7) is 3.11. The standard InChI is InChI=1S/C25H26N2O4S/c1-17-4-8-19(9-5-17)31-16-21-20-11-14-32-23(20)10-12-26(21)24(28)15-27(18-6-7-18)25(29)22-3-2-13-30-22/h2-5,8-9,11,13-14,18,21H,6-7,10,12,15-16H2,1H3/t21-/m0/s1. The van der Waals surface area contributed by atoms with Crippen LogP contribution in [0.2, 0.25) is 0 Å². The maximum atomic E-state index is 13.5. The van der Waals surface area contributed by atoms with Gasteiger partial charge < -0.3 is 19.0 Å². The summed E-state index contributed by atoms with van der Waals surface area (Å²) < 4.78 is 11.4. The zero-order chi connectivity index (χ0) is 22.1. The molecule has 1 aliphatic heterocycles. The van der Waals surface area contributed by atoms with E-state index in [4.69, 9.17) is 9.15 Å². The van der Waals surface area contributed by atoms with Gasteiger partial charge in [0.25, 0.3) is 5.91 Å². The second kappa shape index (κ2) is 8.82. The minimum absolute atomic E-state index is 0.0498. The molecule has 7 heteroatoms. The van der Waals surface area contributed by atoms with Gasteiger partial charge in [0, 0.05) is 17.5 Å². The van der Waals surface area contributed by atoms with Crippen molar-refractivity contribution in [3.63, 3.8) is 0 Å². The van der Waals surface area contributed by atoms with Gasteiger partial charge in [-0.2, -0.15) is 0 Å². The number of hydrogen-bond acceptors (Lipinski definition) is 5. The van der Waals surface area contributed by atoms with E-state index in [9.17, 15) is 9.59 Å². The Morgan fingerprint density at radius 1 is 1.19 bits per heavy atom. The number of nitrogens with zero attached hydrogens (tertiary/aromatic N) is 2. The molecule has 0 spiro atoms. The zero-order valence-corrected chi connectivity index (χ0v) is 18.8. The van der Waals surface area contributed by atoms with Crippen LogP contribution in [0, 0.1) is 6.92 Å². The first-order valence-corrected chi connectivity index (χ1v) is 11.9. The molecule has 1 fully saturated rings. The number of ether oxygens (including phenoxy) is 1. The third kappa shape index (κ3) is 4.30. The molecule has 2 amide bonds. The summed E-state index contributed by atoms with van der Waals surface area (Å²) in [6, 6.07) is 13.3. The van der Waals surface area contributed by atoms with E-state index >= 15 is 0 Å². The van der Waals surface area contributed by atoms with E-state index in [2.05, 4.69) is 11.4 Å². The topological polar surface area (TPSA) is 63.0 Å². The molecule has 0 bridgehead atoms. The van der Waals surface area contributed by atoms with Gasteiger partial charge in [-0.05, 0) is 67.5 Å². The fraction of sp³-hybridized carbons (Fsp3) is 0.360. The van der Waals surface area contributed by atoms with E-state index < -0.39 is 0 Å². The molecular formula is C25H26N2O4S. The highest BCUT2D eigenvalue weighted by molar-refractivity contribution is 7.10. The van der Waals surface area contributed by atoms with Crippen LogP contribution in [0.4, 0.5) is 0 Å². The summed E-state index contributed by atoms with van der Waals surface area (Å²) in [7, 11) is 0. The fourth-order valence-corrected chi connectivity index (χ4v) is 5.14. The van der Waals surface area contributed by atoms with Gasteiger partial charge in [0.2, 0.25) is 5.91 Å². The van der Waals surface area contributed by atoms with Gasteiger partial charge in [0.15, 0.2) is 5.76 Å². The number of furan rings is 1. The lowest BCUT2D eigenvalue weighted by Crippen LogP contribution is -2.48. The normalized spacial score (nSPS) is 17.7. The Morgan fingerprint density at radius 3 is 2.72 bits per heavy atom. The second-order valence-electron chi connectivity index (χ2n) is 8.42. The van der Waals surface area contributed by atoms with Crippen molar-refractivity contribution in [2.75, 3.05) is 19.7 Å². The molecule has 5 rings (SSSR count). The number of carbonyl (C=O) groups excluding carboxylic acids is 2. The molecule has 0 N–H and O–H groups in total. The van der Waals surface area contributed by atoms with Gasteiger partial charge >= 0.3 is 0 Å². The SMILES string of the molecule is Cc1ccc(OC[C@H]2c3ccsc3CCN2C(=O)CN(C(=O)c2ccco2)C2CC2)cc1. The second-order valence-corrected chi connectivity index (χ2v) is 9.42. The Bertz CT molecular complexity index is 1090. The van der Waals surface area contributed by atoms with E-state index in [1.165, 1.54) is 16.7 Å². The number of benzene rings is 1. The predicted molar refractivity (Wildman–Crippen MR) is 122 cm³/mol. The lowest BCUT2D eigenvalue weighted by atomic mass is 10.0. The van der Waals surface area contributed by atoms with Crippen molar-refractivity contribution in [1.29, 1.82) is 0 Å². The number of amides is 2. The lowest BCUT2D eigenvalue weighted by molar-refractivity contribution is -0.135. The first-order chi connectivity index (χ1) is 15.6. The number of rotatable bonds is 7. The van der Waals surface area contributed by atoms with Gasteiger partial charge in [-0.1, -0.05) is 17.7 Å². The number of thiophene rings is 1. The quantitative estimate of drug-likeness (QED) is 0.533. The maximum Gasteiger partial charge on any atom is 0.290 e. The van der Waals surface area contributed by atoms with Crippen molar-refractivity contribution in [1.82, 2.24) is 9.80 Å². The molecule has 166 valence electrons. The first-order valence-electron chi connectivity index (χ1n) is 11.0. The van der Waals surface area contributed by atoms with Crippen molar-refractivity contribution in [2.24, 2.45) is 0 Å². The third-order valence-electron chi connectivity index (χ3n) is 6.13. The Morgan fingerprint density at radius 2 is 2.00 bits per heavy atom. The van der Waals surface area contributed by atoms with Crippen LogP contribution in [0.15, 0.2) is 58.5 Å². The van der Waals surface area contributed by atoms with Crippen LogP contribution < -0.4 is 4.74 Å². The smallest absolute Gasteiger partial charge is 0.290 e. The minimum atomic E-state index is -0.216. The Balaban J connectivity index is 1.33. The van der Waals surface area contributed by atoms with Crippen molar-refractivity contribution >= 4 is 23.2 Å². The molecule has 0 radical (unpaired) electrons. The largest absolute Gasteiger partial charge is 0.491 e. The summed E-state index contributed by atoms with van der Waals surface area (Å²) in [6.07, 6.45) is 4.17. The van der Waals surface area contributed by atoms with Crippen LogP contribution in [0.3, 0.4) is 0 Å². The van der Waals surface area contributed by atoms with E-state index in [0.717, 1.165) is 30.6 Å². The first kappa shape index (κ1) is 20.8. The molecule has 3 aromatic rings. The minimum Gasteiger partial charge on any atom is -0.491 e. The van der Waals surface area contributed by atoms with Crippen molar-refractivity contribution in [2.45, 2.75) is 38.3 Å².